The van der Waals surface area contributed by atoms with Gasteiger partial charge in [0.2, 0.25) is 11.8 Å². The average molecular weight is 560 g/mol. The van der Waals surface area contributed by atoms with Crippen molar-refractivity contribution in [2.45, 2.75) is 44.6 Å². The highest BCUT2D eigenvalue weighted by Crippen LogP contribution is 2.59. The number of halogens is 2. The first kappa shape index (κ1) is 23.4. The molecule has 4 aliphatic carbocycles. The van der Waals surface area contributed by atoms with Crippen molar-refractivity contribution < 1.29 is 18.0 Å². The predicted molar refractivity (Wildman–Crippen MR) is 129 cm³/mol. The molecule has 1 aliphatic heterocycles. The highest BCUT2D eigenvalue weighted by molar-refractivity contribution is 9.10. The molecule has 180 valence electrons. The third kappa shape index (κ3) is 4.06. The van der Waals surface area contributed by atoms with Crippen LogP contribution in [0.25, 0.3) is 0 Å². The normalized spacial score (nSPS) is 34.9. The Morgan fingerprint density at radius 2 is 1.88 bits per heavy atom. The van der Waals surface area contributed by atoms with E-state index in [1.807, 2.05) is 0 Å². The van der Waals surface area contributed by atoms with Crippen molar-refractivity contribution in [3.8, 4) is 0 Å². The van der Waals surface area contributed by atoms with Gasteiger partial charge in [-0.25, -0.2) is 0 Å². The fraction of sp³-hybridized carbons (Fsp3) is 0.636. The van der Waals surface area contributed by atoms with E-state index in [0.717, 1.165) is 32.1 Å². The number of nitrogens with zero attached hydrogens (tertiary/aromatic N) is 2. The van der Waals surface area contributed by atoms with Crippen LogP contribution in [0.1, 0.15) is 38.5 Å². The van der Waals surface area contributed by atoms with Crippen LogP contribution in [0.5, 0.6) is 0 Å². The maximum atomic E-state index is 13.3. The number of carbonyl (C=O) groups excluding carboxylic acids is 2. The number of primary amides is 1. The molecular formula is C22H28BrClN4O4S. The summed E-state index contributed by atoms with van der Waals surface area (Å²) in [6.45, 7) is 0.413. The Bertz CT molecular complexity index is 1080. The van der Waals surface area contributed by atoms with Crippen LogP contribution in [0.2, 0.25) is 5.02 Å². The predicted octanol–water partition coefficient (Wildman–Crippen LogP) is 2.66. The number of hydrogen-bond acceptors (Lipinski definition) is 4. The lowest BCUT2D eigenvalue weighted by Gasteiger charge is -2.58. The van der Waals surface area contributed by atoms with Crippen LogP contribution in [0.3, 0.4) is 0 Å². The Morgan fingerprint density at radius 1 is 1.18 bits per heavy atom. The van der Waals surface area contributed by atoms with E-state index in [1.54, 1.807) is 18.2 Å². The third-order valence-corrected chi connectivity index (χ3v) is 10.8. The van der Waals surface area contributed by atoms with Crippen molar-refractivity contribution in [3.63, 3.8) is 0 Å². The minimum atomic E-state index is -3.86. The molecule has 11 heteroatoms. The molecule has 0 radical (unpaired) electrons. The molecule has 3 N–H and O–H groups in total. The number of nitrogens with one attached hydrogen (secondary N) is 1. The van der Waals surface area contributed by atoms with E-state index in [9.17, 15) is 18.0 Å². The molecule has 8 nitrogen and oxygen atoms in total. The minimum absolute atomic E-state index is 0.0180. The van der Waals surface area contributed by atoms with Gasteiger partial charge in [0.15, 0.2) is 0 Å². The summed E-state index contributed by atoms with van der Waals surface area (Å²) in [5.41, 5.74) is 5.84. The summed E-state index contributed by atoms with van der Waals surface area (Å²) >= 11 is 9.41. The van der Waals surface area contributed by atoms with Crippen LogP contribution in [-0.2, 0) is 19.8 Å². The number of carbonyl (C=O) groups is 2. The van der Waals surface area contributed by atoms with Gasteiger partial charge in [0.25, 0.3) is 0 Å². The molecule has 5 fully saturated rings. The van der Waals surface area contributed by atoms with Gasteiger partial charge < -0.3 is 11.1 Å². The molecule has 4 bridgehead atoms. The molecule has 2 amide bonds. The molecule has 1 saturated heterocycles. The van der Waals surface area contributed by atoms with Gasteiger partial charge in [-0.1, -0.05) is 11.6 Å². The molecule has 4 saturated carbocycles. The molecule has 5 aliphatic rings. The number of anilines is 1. The van der Waals surface area contributed by atoms with Gasteiger partial charge >= 0.3 is 10.2 Å². The first-order valence-electron chi connectivity index (χ1n) is 11.4. The van der Waals surface area contributed by atoms with Crippen molar-refractivity contribution in [1.82, 2.24) is 9.62 Å². The van der Waals surface area contributed by atoms with Crippen LogP contribution < -0.4 is 15.4 Å². The molecule has 6 rings (SSSR count). The molecule has 0 spiro atoms. The van der Waals surface area contributed by atoms with Crippen molar-refractivity contribution in [3.05, 3.63) is 27.7 Å². The highest BCUT2D eigenvalue weighted by atomic mass is 79.9. The summed E-state index contributed by atoms with van der Waals surface area (Å²) in [6.07, 6.45) is 4.92. The van der Waals surface area contributed by atoms with Crippen LogP contribution in [0.15, 0.2) is 22.7 Å². The summed E-state index contributed by atoms with van der Waals surface area (Å²) in [5.74, 6) is 0.456. The fourth-order valence-corrected chi connectivity index (χ4v) is 9.50. The Hall–Kier alpha value is -1.36. The van der Waals surface area contributed by atoms with Gasteiger partial charge in [-0.3, -0.25) is 13.9 Å². The standard InChI is InChI=1S/C22H28BrClN4O4S/c23-17-8-16(24)2-3-18(17)28-5-1-4-27(33(28,31)32)12-19(29)26-20-14-6-13-7-15(20)11-22(9-13,10-14)21(25)30/h2-3,8,13-15,20H,1,4-7,9-12H2,(H2,25,30)(H,26,29). The van der Waals surface area contributed by atoms with Gasteiger partial charge in [-0.15, -0.1) is 0 Å². The van der Waals surface area contributed by atoms with Crippen LogP contribution >= 0.6 is 27.5 Å². The smallest absolute Gasteiger partial charge is 0.304 e. The molecule has 1 aromatic carbocycles. The number of benzene rings is 1. The second-order valence-electron chi connectivity index (χ2n) is 10.1. The zero-order valence-corrected chi connectivity index (χ0v) is 21.3. The SMILES string of the molecule is NC(=O)C12CC3CC(C1)C(NC(=O)CN1CCCN(c4ccc(Cl)cc4Br)S1(=O)=O)C(C3)C2. The fourth-order valence-electron chi connectivity index (χ4n) is 6.80. The molecule has 1 heterocycles. The topological polar surface area (TPSA) is 113 Å². The van der Waals surface area contributed by atoms with Crippen molar-refractivity contribution in [2.75, 3.05) is 23.9 Å². The van der Waals surface area contributed by atoms with Gasteiger partial charge in [0.05, 0.1) is 12.2 Å². The van der Waals surface area contributed by atoms with E-state index in [1.165, 1.54) is 8.61 Å². The highest BCUT2D eigenvalue weighted by Gasteiger charge is 2.58. The Morgan fingerprint density at radius 3 is 2.52 bits per heavy atom. The monoisotopic (exact) mass is 558 g/mol. The quantitative estimate of drug-likeness (QED) is 0.577. The lowest BCUT2D eigenvalue weighted by Crippen LogP contribution is -2.63. The van der Waals surface area contributed by atoms with Crippen molar-refractivity contribution >= 4 is 55.2 Å². The molecule has 0 aromatic heterocycles. The van der Waals surface area contributed by atoms with E-state index in [-0.39, 0.29) is 36.2 Å². The van der Waals surface area contributed by atoms with Crippen molar-refractivity contribution in [1.29, 1.82) is 0 Å². The summed E-state index contributed by atoms with van der Waals surface area (Å²) in [7, 11) is -3.86. The molecule has 2 atom stereocenters. The first-order valence-corrected chi connectivity index (χ1v) is 14.0. The van der Waals surface area contributed by atoms with Crippen molar-refractivity contribution in [2.24, 2.45) is 28.9 Å². The van der Waals surface area contributed by atoms with E-state index >= 15 is 0 Å². The second kappa shape index (κ2) is 8.39. The summed E-state index contributed by atoms with van der Waals surface area (Å²) in [5, 5.41) is 3.64. The van der Waals surface area contributed by atoms with Crippen LogP contribution in [0.4, 0.5) is 5.69 Å². The Balaban J connectivity index is 1.28. The Labute approximate surface area is 207 Å². The van der Waals surface area contributed by atoms with Gasteiger partial charge in [-0.2, -0.15) is 12.7 Å². The molecule has 2 unspecified atom stereocenters. The van der Waals surface area contributed by atoms with E-state index in [0.29, 0.717) is 40.6 Å². The second-order valence-corrected chi connectivity index (χ2v) is 13.2. The molecule has 33 heavy (non-hydrogen) atoms. The average Bonchev–Trinajstić information content (AvgIpc) is 2.72. The van der Waals surface area contributed by atoms with Crippen LogP contribution in [-0.4, -0.2) is 50.2 Å². The lowest BCUT2D eigenvalue weighted by atomic mass is 9.47. The zero-order chi connectivity index (χ0) is 23.5. The molecule has 1 aromatic rings. The maximum Gasteiger partial charge on any atom is 0.304 e. The minimum Gasteiger partial charge on any atom is -0.369 e. The van der Waals surface area contributed by atoms with Gasteiger partial charge in [-0.05, 0) is 90.4 Å². The van der Waals surface area contributed by atoms with Crippen LogP contribution in [0, 0.1) is 23.2 Å². The number of rotatable bonds is 5. The van der Waals surface area contributed by atoms with Gasteiger partial charge in [0, 0.05) is 34.0 Å². The van der Waals surface area contributed by atoms with E-state index in [2.05, 4.69) is 21.2 Å². The maximum absolute atomic E-state index is 13.3. The molecular weight excluding hydrogens is 532 g/mol. The third-order valence-electron chi connectivity index (χ3n) is 8.00. The largest absolute Gasteiger partial charge is 0.369 e. The summed E-state index contributed by atoms with van der Waals surface area (Å²) in [6, 6.07) is 4.95. The number of hydrogen-bond donors (Lipinski definition) is 2. The summed E-state index contributed by atoms with van der Waals surface area (Å²) in [4.78, 5) is 25.2. The lowest BCUT2D eigenvalue weighted by molar-refractivity contribution is -0.147. The first-order chi connectivity index (χ1) is 15.6. The summed E-state index contributed by atoms with van der Waals surface area (Å²) < 4.78 is 29.8. The van der Waals surface area contributed by atoms with Gasteiger partial charge in [0.1, 0.15) is 0 Å². The number of amides is 2. The Kier molecular flexibility index (Phi) is 5.95. The zero-order valence-electron chi connectivity index (χ0n) is 18.2. The van der Waals surface area contributed by atoms with E-state index < -0.39 is 15.6 Å². The van der Waals surface area contributed by atoms with E-state index in [4.69, 9.17) is 17.3 Å². The number of nitrogens with two attached hydrogens (primary N) is 1.